The molecule has 2 nitrogen and oxygen atoms in total. The zero-order valence-corrected chi connectivity index (χ0v) is 7.49. The zero-order chi connectivity index (χ0) is 8.70. The zero-order valence-electron chi connectivity index (χ0n) is 7.49. The smallest absolute Gasteiger partial charge is 0.0386 e. The Balaban J connectivity index is 2.76. The second kappa shape index (κ2) is 2.18. The molecule has 62 valence electrons. The molecule has 0 heterocycles. The molecule has 0 aromatic carbocycles. The first-order valence-electron chi connectivity index (χ1n) is 3.90. The molecule has 0 aromatic heterocycles. The first-order valence-corrected chi connectivity index (χ1v) is 3.90. The highest BCUT2D eigenvalue weighted by molar-refractivity contribution is 6.00. The van der Waals surface area contributed by atoms with E-state index in [0.717, 1.165) is 6.42 Å². The topological polar surface area (TPSA) is 35.9 Å². The summed E-state index contributed by atoms with van der Waals surface area (Å²) in [6.45, 7) is 7.86. The Hall–Kier alpha value is -0.630. The molecule has 0 aromatic rings. The molecule has 0 bridgehead atoms. The number of rotatable bonds is 3. The van der Waals surface area contributed by atoms with Crippen LogP contribution in [0.5, 0.6) is 0 Å². The second-order valence-electron chi connectivity index (χ2n) is 3.71. The monoisotopic (exact) mass is 152 g/mol. The van der Waals surface area contributed by atoms with E-state index in [-0.39, 0.29) is 11.0 Å². The van der Waals surface area contributed by atoms with Crippen molar-refractivity contribution >= 4 is 5.71 Å². The molecule has 2 heteroatoms. The fourth-order valence-electron chi connectivity index (χ4n) is 1.64. The van der Waals surface area contributed by atoms with Gasteiger partial charge in [0.2, 0.25) is 0 Å². The minimum absolute atomic E-state index is 0.0174. The van der Waals surface area contributed by atoms with Crippen molar-refractivity contribution in [1.82, 2.24) is 5.32 Å². The van der Waals surface area contributed by atoms with Gasteiger partial charge in [-0.1, -0.05) is 13.5 Å². The Kier molecular flexibility index (Phi) is 1.67. The van der Waals surface area contributed by atoms with E-state index in [0.29, 0.717) is 5.71 Å². The van der Waals surface area contributed by atoms with Gasteiger partial charge in [0.05, 0.1) is 0 Å². The van der Waals surface area contributed by atoms with Crippen LogP contribution in [0, 0.1) is 10.8 Å². The van der Waals surface area contributed by atoms with Gasteiger partial charge in [0.25, 0.3) is 0 Å². The average molecular weight is 152 g/mol. The molecule has 0 radical (unpaired) electrons. The van der Waals surface area contributed by atoms with Crippen molar-refractivity contribution in [2.24, 2.45) is 5.41 Å². The SMILES string of the molecule is C=CC(=N)C1(C)CC1(C)NC. The Morgan fingerprint density at radius 3 is 2.45 bits per heavy atom. The van der Waals surface area contributed by atoms with E-state index in [9.17, 15) is 0 Å². The molecule has 2 N–H and O–H groups in total. The van der Waals surface area contributed by atoms with Crippen molar-refractivity contribution in [1.29, 1.82) is 5.41 Å². The Morgan fingerprint density at radius 1 is 1.64 bits per heavy atom. The molecule has 2 unspecified atom stereocenters. The van der Waals surface area contributed by atoms with Crippen LogP contribution in [0.25, 0.3) is 0 Å². The third-order valence-electron chi connectivity index (χ3n) is 3.15. The van der Waals surface area contributed by atoms with Crippen LogP contribution >= 0.6 is 0 Å². The largest absolute Gasteiger partial charge is 0.314 e. The van der Waals surface area contributed by atoms with Crippen LogP contribution in [-0.4, -0.2) is 18.3 Å². The minimum Gasteiger partial charge on any atom is -0.314 e. The quantitative estimate of drug-likeness (QED) is 0.592. The van der Waals surface area contributed by atoms with Crippen LogP contribution < -0.4 is 5.32 Å². The molecule has 0 aliphatic heterocycles. The molecule has 0 spiro atoms. The lowest BCUT2D eigenvalue weighted by molar-refractivity contribution is 0.516. The van der Waals surface area contributed by atoms with Crippen LogP contribution in [0.3, 0.4) is 0 Å². The highest BCUT2D eigenvalue weighted by Gasteiger charge is 2.61. The molecule has 0 amide bonds. The average Bonchev–Trinajstić information content (AvgIpc) is 2.56. The van der Waals surface area contributed by atoms with E-state index in [1.807, 2.05) is 7.05 Å². The lowest BCUT2D eigenvalue weighted by Crippen LogP contribution is -2.33. The van der Waals surface area contributed by atoms with Gasteiger partial charge in [0.15, 0.2) is 0 Å². The second-order valence-corrected chi connectivity index (χ2v) is 3.71. The highest BCUT2D eigenvalue weighted by atomic mass is 15.0. The third kappa shape index (κ3) is 0.932. The maximum Gasteiger partial charge on any atom is 0.0386 e. The van der Waals surface area contributed by atoms with Gasteiger partial charge in [-0.15, -0.1) is 0 Å². The molecule has 11 heavy (non-hydrogen) atoms. The highest BCUT2D eigenvalue weighted by Crippen LogP contribution is 2.56. The fourth-order valence-corrected chi connectivity index (χ4v) is 1.64. The van der Waals surface area contributed by atoms with Crippen LogP contribution in [0.4, 0.5) is 0 Å². The van der Waals surface area contributed by atoms with Crippen molar-refractivity contribution in [2.75, 3.05) is 7.05 Å². The fraction of sp³-hybridized carbons (Fsp3) is 0.667. The van der Waals surface area contributed by atoms with E-state index in [1.54, 1.807) is 6.08 Å². The predicted octanol–water partition coefficient (Wildman–Crippen LogP) is 1.58. The summed E-state index contributed by atoms with van der Waals surface area (Å²) in [4.78, 5) is 0. The third-order valence-corrected chi connectivity index (χ3v) is 3.15. The maximum absolute atomic E-state index is 7.65. The summed E-state index contributed by atoms with van der Waals surface area (Å²) in [6, 6.07) is 0. The van der Waals surface area contributed by atoms with Crippen LogP contribution in [0.2, 0.25) is 0 Å². The van der Waals surface area contributed by atoms with E-state index in [4.69, 9.17) is 5.41 Å². The van der Waals surface area contributed by atoms with Crippen LogP contribution in [0.1, 0.15) is 20.3 Å². The standard InChI is InChI=1S/C9H16N2/c1-5-7(10)8(2)6-9(8,3)11-4/h5,10-11H,1,6H2,2-4H3. The van der Waals surface area contributed by atoms with Gasteiger partial charge in [-0.3, -0.25) is 0 Å². The van der Waals surface area contributed by atoms with E-state index in [1.165, 1.54) is 0 Å². The number of hydrogen-bond acceptors (Lipinski definition) is 2. The number of allylic oxidation sites excluding steroid dienone is 1. The van der Waals surface area contributed by atoms with E-state index < -0.39 is 0 Å². The normalized spacial score (nSPS) is 41.7. The van der Waals surface area contributed by atoms with Crippen molar-refractivity contribution in [3.8, 4) is 0 Å². The minimum atomic E-state index is 0.0174. The van der Waals surface area contributed by atoms with Crippen LogP contribution in [0.15, 0.2) is 12.7 Å². The van der Waals surface area contributed by atoms with Crippen molar-refractivity contribution in [3.05, 3.63) is 12.7 Å². The predicted molar refractivity (Wildman–Crippen MR) is 48.1 cm³/mol. The summed E-state index contributed by atoms with van der Waals surface area (Å²) in [6.07, 6.45) is 2.68. The molecule has 1 rings (SSSR count). The van der Waals surface area contributed by atoms with E-state index >= 15 is 0 Å². The summed E-state index contributed by atoms with van der Waals surface area (Å²) in [5.74, 6) is 0. The van der Waals surface area contributed by atoms with Gasteiger partial charge in [-0.05, 0) is 26.5 Å². The van der Waals surface area contributed by atoms with E-state index in [2.05, 4.69) is 25.7 Å². The summed E-state index contributed by atoms with van der Waals surface area (Å²) in [5, 5.41) is 10.9. The molecular formula is C9H16N2. The van der Waals surface area contributed by atoms with Gasteiger partial charge in [0.1, 0.15) is 0 Å². The summed E-state index contributed by atoms with van der Waals surface area (Å²) >= 11 is 0. The maximum atomic E-state index is 7.65. The van der Waals surface area contributed by atoms with Gasteiger partial charge in [-0.25, -0.2) is 0 Å². The summed E-state index contributed by atoms with van der Waals surface area (Å²) in [7, 11) is 1.95. The molecule has 2 atom stereocenters. The van der Waals surface area contributed by atoms with Crippen molar-refractivity contribution in [3.63, 3.8) is 0 Å². The molecule has 1 aliphatic rings. The summed E-state index contributed by atoms with van der Waals surface area (Å²) < 4.78 is 0. The lowest BCUT2D eigenvalue weighted by atomic mass is 9.97. The number of nitrogens with one attached hydrogen (secondary N) is 2. The van der Waals surface area contributed by atoms with Gasteiger partial charge in [0, 0.05) is 16.7 Å². The molecule has 1 saturated carbocycles. The van der Waals surface area contributed by atoms with Crippen LogP contribution in [-0.2, 0) is 0 Å². The summed E-state index contributed by atoms with van der Waals surface area (Å²) in [5.41, 5.74) is 0.788. The first kappa shape index (κ1) is 8.47. The van der Waals surface area contributed by atoms with Crippen molar-refractivity contribution < 1.29 is 0 Å². The molecule has 1 fully saturated rings. The Labute approximate surface area is 68.2 Å². The Bertz CT molecular complexity index is 210. The van der Waals surface area contributed by atoms with Gasteiger partial charge in [-0.2, -0.15) is 0 Å². The Morgan fingerprint density at radius 2 is 2.18 bits per heavy atom. The van der Waals surface area contributed by atoms with Crippen molar-refractivity contribution in [2.45, 2.75) is 25.8 Å². The van der Waals surface area contributed by atoms with Gasteiger partial charge < -0.3 is 10.7 Å². The number of hydrogen-bond donors (Lipinski definition) is 2. The molecule has 1 aliphatic carbocycles. The first-order chi connectivity index (χ1) is 5.00. The molecule has 0 saturated heterocycles. The van der Waals surface area contributed by atoms with Gasteiger partial charge >= 0.3 is 0 Å². The molecular weight excluding hydrogens is 136 g/mol. The lowest BCUT2D eigenvalue weighted by Gasteiger charge is -2.16.